The van der Waals surface area contributed by atoms with Crippen molar-refractivity contribution in [3.63, 3.8) is 0 Å². The van der Waals surface area contributed by atoms with Gasteiger partial charge in [0.15, 0.2) is 0 Å². The van der Waals surface area contributed by atoms with Crippen LogP contribution >= 0.6 is 0 Å². The van der Waals surface area contributed by atoms with Crippen LogP contribution in [0.1, 0.15) is 46.9 Å². The highest BCUT2D eigenvalue weighted by Gasteiger charge is 2.11. The minimum atomic E-state index is -0.149. The molecule has 2 amide bonds. The van der Waals surface area contributed by atoms with Gasteiger partial charge in [-0.25, -0.2) is 0 Å². The minimum absolute atomic E-state index is 0.00224. The van der Waals surface area contributed by atoms with Crippen LogP contribution in [0.4, 0.5) is 5.69 Å². The van der Waals surface area contributed by atoms with Crippen molar-refractivity contribution in [1.29, 1.82) is 0 Å². The topological polar surface area (TPSA) is 74.0 Å². The van der Waals surface area contributed by atoms with Gasteiger partial charge in [-0.05, 0) is 61.2 Å². The number of benzene rings is 2. The van der Waals surface area contributed by atoms with Crippen LogP contribution in [0, 0.1) is 13.8 Å². The van der Waals surface area contributed by atoms with Crippen molar-refractivity contribution in [2.45, 2.75) is 40.2 Å². The molecule has 0 atom stereocenters. The van der Waals surface area contributed by atoms with Crippen LogP contribution in [-0.2, 0) is 11.3 Å². The Balaban J connectivity index is 1.67. The molecule has 3 N–H and O–H groups in total. The van der Waals surface area contributed by atoms with Crippen molar-refractivity contribution >= 4 is 28.4 Å². The summed E-state index contributed by atoms with van der Waals surface area (Å²) in [6.07, 6.45) is 1.31. The second-order valence-corrected chi connectivity index (χ2v) is 6.91. The molecule has 0 aliphatic carbocycles. The zero-order valence-electron chi connectivity index (χ0n) is 16.0. The molecule has 1 aromatic heterocycles. The van der Waals surface area contributed by atoms with Gasteiger partial charge in [-0.1, -0.05) is 25.1 Å². The maximum atomic E-state index is 12.5. The Bertz CT molecular complexity index is 988. The van der Waals surface area contributed by atoms with Gasteiger partial charge in [-0.2, -0.15) is 0 Å². The lowest BCUT2D eigenvalue weighted by molar-refractivity contribution is -0.116. The normalized spacial score (nSPS) is 10.8. The maximum Gasteiger partial charge on any atom is 0.267 e. The number of fused-ring (bicyclic) bond motifs is 1. The number of hydrogen-bond acceptors (Lipinski definition) is 2. The van der Waals surface area contributed by atoms with E-state index < -0.39 is 0 Å². The van der Waals surface area contributed by atoms with Crippen molar-refractivity contribution in [1.82, 2.24) is 10.3 Å². The fourth-order valence-corrected chi connectivity index (χ4v) is 3.21. The second-order valence-electron chi connectivity index (χ2n) is 6.91. The fourth-order valence-electron chi connectivity index (χ4n) is 3.21. The minimum Gasteiger partial charge on any atom is -0.351 e. The maximum absolute atomic E-state index is 12.5. The van der Waals surface area contributed by atoms with Crippen LogP contribution < -0.4 is 10.6 Å². The molecule has 140 valence electrons. The molecule has 3 rings (SSSR count). The first kappa shape index (κ1) is 18.7. The van der Waals surface area contributed by atoms with Crippen LogP contribution in [-0.4, -0.2) is 16.8 Å². The van der Waals surface area contributed by atoms with Gasteiger partial charge in [-0.3, -0.25) is 9.59 Å². The van der Waals surface area contributed by atoms with E-state index in [1.165, 1.54) is 0 Å². The van der Waals surface area contributed by atoms with Crippen molar-refractivity contribution in [3.8, 4) is 0 Å². The van der Waals surface area contributed by atoms with Crippen molar-refractivity contribution in [2.24, 2.45) is 0 Å². The first-order valence-corrected chi connectivity index (χ1v) is 9.23. The third-order valence-electron chi connectivity index (χ3n) is 4.47. The molecular weight excluding hydrogens is 338 g/mol. The average Bonchev–Trinajstić information content (AvgIpc) is 3.04. The first-order chi connectivity index (χ1) is 13.0. The van der Waals surface area contributed by atoms with Gasteiger partial charge in [0.05, 0.1) is 0 Å². The second kappa shape index (κ2) is 8.08. The number of amides is 2. The molecule has 0 radical (unpaired) electrons. The highest BCUT2D eigenvalue weighted by Crippen LogP contribution is 2.21. The monoisotopic (exact) mass is 363 g/mol. The Morgan fingerprint density at radius 3 is 2.67 bits per heavy atom. The molecule has 0 bridgehead atoms. The molecule has 0 unspecified atom stereocenters. The summed E-state index contributed by atoms with van der Waals surface area (Å²) in [5.41, 5.74) is 5.51. The number of anilines is 1. The number of carbonyl (C=O) groups excluding carboxylic acids is 2. The summed E-state index contributed by atoms with van der Waals surface area (Å²) in [6.45, 7) is 6.45. The van der Waals surface area contributed by atoms with Crippen LogP contribution in [0.2, 0.25) is 0 Å². The van der Waals surface area contributed by atoms with Gasteiger partial charge >= 0.3 is 0 Å². The number of carbonyl (C=O) groups is 2. The standard InChI is InChI=1S/C22H25N3O2/c1-4-6-21(26)24-17-8-5-7-16(11-17)13-23-22(27)20-12-18-15(3)9-14(2)10-19(18)25-20/h5,7-12,25H,4,6,13H2,1-3H3,(H,23,27)(H,24,26). The third kappa shape index (κ3) is 4.56. The van der Waals surface area contributed by atoms with Crippen LogP contribution in [0.5, 0.6) is 0 Å². The van der Waals surface area contributed by atoms with Crippen molar-refractivity contribution < 1.29 is 9.59 Å². The highest BCUT2D eigenvalue weighted by molar-refractivity contribution is 5.99. The van der Waals surface area contributed by atoms with Gasteiger partial charge < -0.3 is 15.6 Å². The van der Waals surface area contributed by atoms with E-state index in [9.17, 15) is 9.59 Å². The Labute approximate surface area is 159 Å². The van der Waals surface area contributed by atoms with Crippen molar-refractivity contribution in [2.75, 3.05) is 5.32 Å². The summed E-state index contributed by atoms with van der Waals surface area (Å²) in [4.78, 5) is 27.4. The SMILES string of the molecule is CCCC(=O)Nc1cccc(CNC(=O)c2cc3c(C)cc(C)cc3[nH]2)c1. The van der Waals surface area contributed by atoms with Gasteiger partial charge in [0.25, 0.3) is 5.91 Å². The lowest BCUT2D eigenvalue weighted by Gasteiger charge is -2.08. The van der Waals surface area contributed by atoms with E-state index in [4.69, 9.17) is 0 Å². The summed E-state index contributed by atoms with van der Waals surface area (Å²) in [7, 11) is 0. The first-order valence-electron chi connectivity index (χ1n) is 9.23. The van der Waals surface area contributed by atoms with Gasteiger partial charge in [0, 0.05) is 29.6 Å². The van der Waals surface area contributed by atoms with Crippen molar-refractivity contribution in [3.05, 3.63) is 64.8 Å². The van der Waals surface area contributed by atoms with Gasteiger partial charge in [0.1, 0.15) is 5.69 Å². The molecule has 2 aromatic carbocycles. The molecule has 0 spiro atoms. The van der Waals surface area contributed by atoms with E-state index >= 15 is 0 Å². The van der Waals surface area contributed by atoms with E-state index in [0.29, 0.717) is 18.7 Å². The number of H-pyrrole nitrogens is 1. The summed E-state index contributed by atoms with van der Waals surface area (Å²) in [5, 5.41) is 6.87. The summed E-state index contributed by atoms with van der Waals surface area (Å²) < 4.78 is 0. The Hall–Kier alpha value is -3.08. The molecule has 1 heterocycles. The molecule has 0 aliphatic rings. The van der Waals surface area contributed by atoms with E-state index in [1.807, 2.05) is 57.2 Å². The van der Waals surface area contributed by atoms with E-state index in [1.54, 1.807) is 0 Å². The van der Waals surface area contributed by atoms with Gasteiger partial charge in [-0.15, -0.1) is 0 Å². The molecule has 5 nitrogen and oxygen atoms in total. The zero-order chi connectivity index (χ0) is 19.4. The van der Waals surface area contributed by atoms with E-state index in [2.05, 4.69) is 21.7 Å². The number of aromatic amines is 1. The zero-order valence-corrected chi connectivity index (χ0v) is 16.0. The molecule has 0 saturated carbocycles. The molecule has 0 fully saturated rings. The number of aromatic nitrogens is 1. The lowest BCUT2D eigenvalue weighted by Crippen LogP contribution is -2.23. The Kier molecular flexibility index (Phi) is 5.60. The molecule has 3 aromatic rings. The summed E-state index contributed by atoms with van der Waals surface area (Å²) in [6, 6.07) is 13.6. The molecule has 5 heteroatoms. The number of rotatable bonds is 6. The fraction of sp³-hybridized carbons (Fsp3) is 0.273. The average molecular weight is 363 g/mol. The van der Waals surface area contributed by atoms with E-state index in [-0.39, 0.29) is 11.8 Å². The number of nitrogens with one attached hydrogen (secondary N) is 3. The number of hydrogen-bond donors (Lipinski definition) is 3. The smallest absolute Gasteiger partial charge is 0.267 e. The molecule has 27 heavy (non-hydrogen) atoms. The van der Waals surface area contributed by atoms with Crippen LogP contribution in [0.3, 0.4) is 0 Å². The summed E-state index contributed by atoms with van der Waals surface area (Å²) in [5.74, 6) is -0.147. The van der Waals surface area contributed by atoms with Gasteiger partial charge in [0.2, 0.25) is 5.91 Å². The predicted molar refractivity (Wildman–Crippen MR) is 109 cm³/mol. The summed E-state index contributed by atoms with van der Waals surface area (Å²) >= 11 is 0. The molecule has 0 saturated heterocycles. The highest BCUT2D eigenvalue weighted by atomic mass is 16.2. The quantitative estimate of drug-likeness (QED) is 0.605. The van der Waals surface area contributed by atoms with Crippen LogP contribution in [0.15, 0.2) is 42.5 Å². The molecular formula is C22H25N3O2. The molecule has 0 aliphatic heterocycles. The Morgan fingerprint density at radius 2 is 1.89 bits per heavy atom. The third-order valence-corrected chi connectivity index (χ3v) is 4.47. The van der Waals surface area contributed by atoms with E-state index in [0.717, 1.165) is 39.7 Å². The van der Waals surface area contributed by atoms with Crippen LogP contribution in [0.25, 0.3) is 10.9 Å². The predicted octanol–water partition coefficient (Wildman–Crippen LogP) is 4.45. The Morgan fingerprint density at radius 1 is 1.07 bits per heavy atom. The lowest BCUT2D eigenvalue weighted by atomic mass is 10.1. The number of aryl methyl sites for hydroxylation is 2. The largest absolute Gasteiger partial charge is 0.351 e.